The lowest BCUT2D eigenvalue weighted by molar-refractivity contribution is -0.293. The molecule has 0 unspecified atom stereocenters. The van der Waals surface area contributed by atoms with Crippen molar-refractivity contribution in [1.29, 1.82) is 0 Å². The highest BCUT2D eigenvalue weighted by atomic mass is 17.2. The minimum absolute atomic E-state index is 0.0521. The summed E-state index contributed by atoms with van der Waals surface area (Å²) in [5.41, 5.74) is 0. The fourth-order valence-electron chi connectivity index (χ4n) is 0.688. The number of carbonyl (C=O) groups excluding carboxylic acids is 1. The van der Waals surface area contributed by atoms with Gasteiger partial charge >= 0.3 is 5.97 Å². The molecule has 0 aliphatic carbocycles. The molecular weight excluding hydrogens is 202 g/mol. The summed E-state index contributed by atoms with van der Waals surface area (Å²) in [5, 5.41) is 10.8. The van der Waals surface area contributed by atoms with E-state index in [1.54, 1.807) is 0 Å². The molecule has 0 aromatic carbocycles. The highest BCUT2D eigenvalue weighted by molar-refractivity contribution is 5.86. The van der Waals surface area contributed by atoms with E-state index in [9.17, 15) is 9.59 Å². The third-order valence-corrected chi connectivity index (χ3v) is 1.37. The van der Waals surface area contributed by atoms with Crippen LogP contribution in [0.5, 0.6) is 0 Å². The van der Waals surface area contributed by atoms with Crippen LogP contribution < -0.4 is 5.32 Å². The molecule has 0 bridgehead atoms. The van der Waals surface area contributed by atoms with Gasteiger partial charge in [0.25, 0.3) is 0 Å². The molecule has 86 valence electrons. The molecule has 0 atom stereocenters. The summed E-state index contributed by atoms with van der Waals surface area (Å²) < 4.78 is 0. The molecule has 1 amide bonds. The van der Waals surface area contributed by atoms with E-state index < -0.39 is 5.97 Å². The maximum atomic E-state index is 10.6. The number of amides is 1. The minimum Gasteiger partial charge on any atom is -0.481 e. The first-order valence-corrected chi connectivity index (χ1v) is 4.53. The number of carboxylic acids is 1. The van der Waals surface area contributed by atoms with E-state index in [0.29, 0.717) is 13.0 Å². The third kappa shape index (κ3) is 10.5. The van der Waals surface area contributed by atoms with Crippen LogP contribution in [0, 0.1) is 0 Å². The molecule has 0 aliphatic heterocycles. The number of carboxylic acid groups (broad SMARTS) is 1. The van der Waals surface area contributed by atoms with Crippen LogP contribution in [-0.2, 0) is 19.4 Å². The highest BCUT2D eigenvalue weighted by Gasteiger charge is 1.97. The van der Waals surface area contributed by atoms with Crippen LogP contribution in [0.15, 0.2) is 12.7 Å². The molecule has 0 fully saturated rings. The molecule has 0 spiro atoms. The van der Waals surface area contributed by atoms with E-state index in [4.69, 9.17) is 5.11 Å². The van der Waals surface area contributed by atoms with Gasteiger partial charge in [-0.3, -0.25) is 9.59 Å². The summed E-state index contributed by atoms with van der Waals surface area (Å²) in [5.74, 6) is -1.14. The van der Waals surface area contributed by atoms with Crippen molar-refractivity contribution in [1.82, 2.24) is 5.32 Å². The van der Waals surface area contributed by atoms with Crippen molar-refractivity contribution < 1.29 is 24.5 Å². The first-order chi connectivity index (χ1) is 7.16. The molecule has 15 heavy (non-hydrogen) atoms. The Kier molecular flexibility index (Phi) is 8.31. The number of hydrogen-bond donors (Lipinski definition) is 2. The standard InChI is InChI=1S/C9H15NO5/c1-2-8(11)10-5-7-15-14-6-3-4-9(12)13/h2H,1,3-7H2,(H,10,11)(H,12,13). The van der Waals surface area contributed by atoms with Gasteiger partial charge in [0, 0.05) is 13.0 Å². The zero-order valence-electron chi connectivity index (χ0n) is 8.40. The van der Waals surface area contributed by atoms with Crippen LogP contribution in [0.2, 0.25) is 0 Å². The second-order valence-corrected chi connectivity index (χ2v) is 2.64. The van der Waals surface area contributed by atoms with Crippen molar-refractivity contribution in [2.45, 2.75) is 12.8 Å². The fourth-order valence-corrected chi connectivity index (χ4v) is 0.688. The van der Waals surface area contributed by atoms with Gasteiger partial charge in [-0.2, -0.15) is 0 Å². The quantitative estimate of drug-likeness (QED) is 0.248. The maximum absolute atomic E-state index is 10.6. The largest absolute Gasteiger partial charge is 0.481 e. The number of aliphatic carboxylic acids is 1. The zero-order valence-corrected chi connectivity index (χ0v) is 8.40. The van der Waals surface area contributed by atoms with Crippen LogP contribution in [0.25, 0.3) is 0 Å². The SMILES string of the molecule is C=CC(=O)NCCOOCCCC(=O)O. The first kappa shape index (κ1) is 13.6. The van der Waals surface area contributed by atoms with E-state index in [1.165, 1.54) is 0 Å². The summed E-state index contributed by atoms with van der Waals surface area (Å²) in [6.07, 6.45) is 1.61. The lowest BCUT2D eigenvalue weighted by Gasteiger charge is -2.03. The Balaban J connectivity index is 3.08. The summed E-state index contributed by atoms with van der Waals surface area (Å²) >= 11 is 0. The molecule has 0 radical (unpaired) electrons. The molecule has 0 heterocycles. The lowest BCUT2D eigenvalue weighted by atomic mass is 10.3. The van der Waals surface area contributed by atoms with Gasteiger partial charge in [-0.15, -0.1) is 0 Å². The van der Waals surface area contributed by atoms with E-state index in [-0.39, 0.29) is 25.5 Å². The molecule has 2 N–H and O–H groups in total. The number of nitrogens with one attached hydrogen (secondary N) is 1. The summed E-state index contributed by atoms with van der Waals surface area (Å²) in [4.78, 5) is 30.0. The lowest BCUT2D eigenvalue weighted by Crippen LogP contribution is -2.25. The van der Waals surface area contributed by atoms with E-state index in [1.807, 2.05) is 0 Å². The van der Waals surface area contributed by atoms with Gasteiger partial charge < -0.3 is 10.4 Å². The van der Waals surface area contributed by atoms with E-state index in [0.717, 1.165) is 6.08 Å². The number of carbonyl (C=O) groups is 2. The van der Waals surface area contributed by atoms with Crippen molar-refractivity contribution >= 4 is 11.9 Å². The molecular formula is C9H15NO5. The van der Waals surface area contributed by atoms with Crippen LogP contribution in [0.3, 0.4) is 0 Å². The molecule has 0 saturated heterocycles. The van der Waals surface area contributed by atoms with Crippen LogP contribution in [0.4, 0.5) is 0 Å². The van der Waals surface area contributed by atoms with Gasteiger partial charge in [0.05, 0.1) is 13.2 Å². The van der Waals surface area contributed by atoms with Crippen LogP contribution >= 0.6 is 0 Å². The Labute approximate surface area is 87.8 Å². The molecule has 0 rings (SSSR count). The van der Waals surface area contributed by atoms with Crippen LogP contribution in [-0.4, -0.2) is 36.7 Å². The molecule has 0 aliphatic rings. The van der Waals surface area contributed by atoms with Gasteiger partial charge in [0.2, 0.25) is 5.91 Å². The Bertz CT molecular complexity index is 217. The zero-order chi connectivity index (χ0) is 11.5. The van der Waals surface area contributed by atoms with Crippen molar-refractivity contribution in [3.8, 4) is 0 Å². The Morgan fingerprint density at radius 2 is 2.00 bits per heavy atom. The van der Waals surface area contributed by atoms with Gasteiger partial charge in [-0.1, -0.05) is 6.58 Å². The van der Waals surface area contributed by atoms with Gasteiger partial charge in [0.1, 0.15) is 0 Å². The van der Waals surface area contributed by atoms with Crippen molar-refractivity contribution in [2.75, 3.05) is 19.8 Å². The fraction of sp³-hybridized carbons (Fsp3) is 0.556. The third-order valence-electron chi connectivity index (χ3n) is 1.37. The van der Waals surface area contributed by atoms with Crippen molar-refractivity contribution in [3.63, 3.8) is 0 Å². The topological polar surface area (TPSA) is 84.9 Å². The number of hydrogen-bond acceptors (Lipinski definition) is 4. The molecule has 0 aromatic heterocycles. The second-order valence-electron chi connectivity index (χ2n) is 2.64. The van der Waals surface area contributed by atoms with E-state index >= 15 is 0 Å². The highest BCUT2D eigenvalue weighted by Crippen LogP contribution is 1.90. The van der Waals surface area contributed by atoms with E-state index in [2.05, 4.69) is 21.7 Å². The predicted molar refractivity (Wildman–Crippen MR) is 52.0 cm³/mol. The molecule has 6 heteroatoms. The molecule has 0 saturated carbocycles. The van der Waals surface area contributed by atoms with Crippen LogP contribution in [0.1, 0.15) is 12.8 Å². The average Bonchev–Trinajstić information content (AvgIpc) is 2.21. The Morgan fingerprint density at radius 3 is 2.60 bits per heavy atom. The Morgan fingerprint density at radius 1 is 1.33 bits per heavy atom. The first-order valence-electron chi connectivity index (χ1n) is 4.53. The summed E-state index contributed by atoms with van der Waals surface area (Å²) in [6, 6.07) is 0. The summed E-state index contributed by atoms with van der Waals surface area (Å²) in [7, 11) is 0. The molecule has 6 nitrogen and oxygen atoms in total. The smallest absolute Gasteiger partial charge is 0.303 e. The maximum Gasteiger partial charge on any atom is 0.303 e. The summed E-state index contributed by atoms with van der Waals surface area (Å²) in [6.45, 7) is 4.04. The minimum atomic E-state index is -0.864. The molecule has 0 aromatic rings. The average molecular weight is 217 g/mol. The Hall–Kier alpha value is -1.40. The van der Waals surface area contributed by atoms with Gasteiger partial charge in [0.15, 0.2) is 0 Å². The monoisotopic (exact) mass is 217 g/mol. The van der Waals surface area contributed by atoms with Gasteiger partial charge in [-0.05, 0) is 12.5 Å². The predicted octanol–water partition coefficient (Wildman–Crippen LogP) is 0.102. The second kappa shape index (κ2) is 9.17. The normalized spacial score (nSPS) is 9.60. The van der Waals surface area contributed by atoms with Gasteiger partial charge in [-0.25, -0.2) is 9.78 Å². The van der Waals surface area contributed by atoms with Crippen molar-refractivity contribution in [3.05, 3.63) is 12.7 Å². The number of rotatable bonds is 9. The van der Waals surface area contributed by atoms with Crippen molar-refractivity contribution in [2.24, 2.45) is 0 Å².